The van der Waals surface area contributed by atoms with Crippen molar-refractivity contribution >= 4 is 11.7 Å². The van der Waals surface area contributed by atoms with E-state index in [4.69, 9.17) is 5.73 Å². The van der Waals surface area contributed by atoms with Gasteiger partial charge in [0.1, 0.15) is 0 Å². The summed E-state index contributed by atoms with van der Waals surface area (Å²) in [5, 5.41) is 6.41. The fourth-order valence-electron chi connectivity index (χ4n) is 2.00. The number of hydrogen-bond acceptors (Lipinski definition) is 4. The third kappa shape index (κ3) is 1.87. The Balaban J connectivity index is 2.17. The summed E-state index contributed by atoms with van der Waals surface area (Å²) in [7, 11) is 0. The van der Waals surface area contributed by atoms with Crippen LogP contribution in [0, 0.1) is 0 Å². The van der Waals surface area contributed by atoms with Crippen LogP contribution in [-0.2, 0) is 6.42 Å². The highest BCUT2D eigenvalue weighted by molar-refractivity contribution is 5.61. The number of anilines is 1. The lowest BCUT2D eigenvalue weighted by molar-refractivity contribution is 1.06. The number of nitrogens with two attached hydrogens (primary N) is 1. The number of aromatic amines is 1. The van der Waals surface area contributed by atoms with Crippen LogP contribution < -0.4 is 11.3 Å². The number of aryl methyl sites for hydroxylation is 1. The molecule has 3 rings (SSSR count). The summed E-state index contributed by atoms with van der Waals surface area (Å²) in [6.07, 6.45) is 0.979. The van der Waals surface area contributed by atoms with Crippen molar-refractivity contribution in [2.45, 2.75) is 13.3 Å². The van der Waals surface area contributed by atoms with E-state index in [1.165, 1.54) is 16.0 Å². The zero-order valence-electron chi connectivity index (χ0n) is 10.4. The zero-order valence-corrected chi connectivity index (χ0v) is 10.4. The van der Waals surface area contributed by atoms with Crippen LogP contribution in [0.3, 0.4) is 0 Å². The number of H-pyrrole nitrogens is 1. The van der Waals surface area contributed by atoms with Crippen LogP contribution in [0.5, 0.6) is 0 Å². The van der Waals surface area contributed by atoms with Crippen molar-refractivity contribution in [3.8, 4) is 11.3 Å². The Labute approximate surface area is 108 Å². The first-order chi connectivity index (χ1) is 9.19. The fourth-order valence-corrected chi connectivity index (χ4v) is 2.00. The first-order valence-electron chi connectivity index (χ1n) is 6.02. The molecule has 2 heterocycles. The van der Waals surface area contributed by atoms with Crippen molar-refractivity contribution < 1.29 is 0 Å². The van der Waals surface area contributed by atoms with Crippen molar-refractivity contribution in [2.75, 3.05) is 5.73 Å². The second-order valence-electron chi connectivity index (χ2n) is 4.27. The van der Waals surface area contributed by atoms with E-state index in [-0.39, 0.29) is 11.5 Å². The van der Waals surface area contributed by atoms with E-state index in [1.54, 1.807) is 0 Å². The SMILES string of the molecule is CCc1ccc(-c2cc(=O)n3c(N)n[nH]c3n2)cc1. The van der Waals surface area contributed by atoms with Gasteiger partial charge in [0, 0.05) is 11.6 Å². The summed E-state index contributed by atoms with van der Waals surface area (Å²) in [6.45, 7) is 2.10. The van der Waals surface area contributed by atoms with E-state index in [9.17, 15) is 4.79 Å². The smallest absolute Gasteiger partial charge is 0.262 e. The summed E-state index contributed by atoms with van der Waals surface area (Å²) in [6, 6.07) is 9.42. The molecular formula is C13H13N5O. The molecule has 0 radical (unpaired) electrons. The van der Waals surface area contributed by atoms with Crippen LogP contribution in [0.25, 0.3) is 17.0 Å². The Hall–Kier alpha value is -2.63. The molecule has 96 valence electrons. The molecule has 0 atom stereocenters. The molecule has 0 saturated heterocycles. The fraction of sp³-hybridized carbons (Fsp3) is 0.154. The van der Waals surface area contributed by atoms with Crippen molar-refractivity contribution in [1.82, 2.24) is 19.6 Å². The number of hydrogen-bond donors (Lipinski definition) is 2. The molecule has 0 aliphatic carbocycles. The number of nitrogens with one attached hydrogen (secondary N) is 1. The van der Waals surface area contributed by atoms with Gasteiger partial charge in [0.25, 0.3) is 5.56 Å². The maximum absolute atomic E-state index is 12.0. The van der Waals surface area contributed by atoms with Crippen LogP contribution >= 0.6 is 0 Å². The van der Waals surface area contributed by atoms with Crippen LogP contribution in [-0.4, -0.2) is 19.6 Å². The lowest BCUT2D eigenvalue weighted by Gasteiger charge is -2.02. The highest BCUT2D eigenvalue weighted by atomic mass is 16.1. The third-order valence-corrected chi connectivity index (χ3v) is 3.08. The third-order valence-electron chi connectivity index (χ3n) is 3.08. The van der Waals surface area contributed by atoms with Gasteiger partial charge in [-0.05, 0) is 12.0 Å². The lowest BCUT2D eigenvalue weighted by Crippen LogP contribution is -2.15. The van der Waals surface area contributed by atoms with E-state index < -0.39 is 0 Å². The molecule has 0 aliphatic heterocycles. The van der Waals surface area contributed by atoms with E-state index in [1.807, 2.05) is 24.3 Å². The first kappa shape index (κ1) is 11.5. The van der Waals surface area contributed by atoms with E-state index >= 15 is 0 Å². The Kier molecular flexibility index (Phi) is 2.56. The van der Waals surface area contributed by atoms with Gasteiger partial charge in [0.05, 0.1) is 5.69 Å². The molecule has 0 amide bonds. The second kappa shape index (κ2) is 4.24. The van der Waals surface area contributed by atoms with Gasteiger partial charge in [-0.3, -0.25) is 4.79 Å². The maximum Gasteiger partial charge on any atom is 0.262 e. The summed E-state index contributed by atoms with van der Waals surface area (Å²) in [4.78, 5) is 16.3. The average Bonchev–Trinajstić information content (AvgIpc) is 2.81. The molecule has 0 aliphatic rings. The van der Waals surface area contributed by atoms with Crippen LogP contribution in [0.1, 0.15) is 12.5 Å². The number of fused-ring (bicyclic) bond motifs is 1. The van der Waals surface area contributed by atoms with Crippen molar-refractivity contribution in [3.05, 3.63) is 46.2 Å². The maximum atomic E-state index is 12.0. The number of benzene rings is 1. The molecule has 0 unspecified atom stereocenters. The molecule has 3 N–H and O–H groups in total. The Morgan fingerprint density at radius 2 is 2.05 bits per heavy atom. The molecule has 19 heavy (non-hydrogen) atoms. The second-order valence-corrected chi connectivity index (χ2v) is 4.27. The van der Waals surface area contributed by atoms with Gasteiger partial charge in [-0.1, -0.05) is 31.2 Å². The van der Waals surface area contributed by atoms with Crippen molar-refractivity contribution in [3.63, 3.8) is 0 Å². The Morgan fingerprint density at radius 3 is 2.74 bits per heavy atom. The minimum Gasteiger partial charge on any atom is -0.368 e. The number of nitrogens with zero attached hydrogens (tertiary/aromatic N) is 3. The average molecular weight is 255 g/mol. The van der Waals surface area contributed by atoms with Crippen molar-refractivity contribution in [1.29, 1.82) is 0 Å². The van der Waals surface area contributed by atoms with Gasteiger partial charge in [-0.15, -0.1) is 5.10 Å². The van der Waals surface area contributed by atoms with E-state index in [0.717, 1.165) is 12.0 Å². The topological polar surface area (TPSA) is 89.1 Å². The molecule has 6 nitrogen and oxygen atoms in total. The normalized spacial score (nSPS) is 11.0. The van der Waals surface area contributed by atoms with Crippen LogP contribution in [0.2, 0.25) is 0 Å². The Bertz CT molecular complexity index is 785. The quantitative estimate of drug-likeness (QED) is 0.720. The molecule has 1 aromatic carbocycles. The molecule has 6 heteroatoms. The predicted molar refractivity (Wildman–Crippen MR) is 72.8 cm³/mol. The number of rotatable bonds is 2. The molecule has 0 saturated carbocycles. The molecule has 0 bridgehead atoms. The molecule has 0 fully saturated rings. The predicted octanol–water partition coefficient (Wildman–Crippen LogP) is 1.23. The van der Waals surface area contributed by atoms with Gasteiger partial charge in [-0.2, -0.15) is 0 Å². The molecule has 0 spiro atoms. The van der Waals surface area contributed by atoms with Gasteiger partial charge < -0.3 is 5.73 Å². The first-order valence-corrected chi connectivity index (χ1v) is 6.02. The highest BCUT2D eigenvalue weighted by Gasteiger charge is 2.08. The summed E-state index contributed by atoms with van der Waals surface area (Å²) >= 11 is 0. The molecule has 3 aromatic rings. The summed E-state index contributed by atoms with van der Waals surface area (Å²) in [5.74, 6) is 0.458. The standard InChI is InChI=1S/C13H13N5O/c1-2-8-3-5-9(6-4-8)10-7-11(19)18-12(14)16-17-13(18)15-10/h3-7H,2H2,1H3,(H2,14,16)(H,15,17). The van der Waals surface area contributed by atoms with Gasteiger partial charge in [-0.25, -0.2) is 14.5 Å². The molecular weight excluding hydrogens is 242 g/mol. The minimum absolute atomic E-state index is 0.111. The minimum atomic E-state index is -0.245. The molecule has 2 aromatic heterocycles. The summed E-state index contributed by atoms with van der Waals surface area (Å²) < 4.78 is 1.24. The highest BCUT2D eigenvalue weighted by Crippen LogP contribution is 2.17. The Morgan fingerprint density at radius 1 is 1.32 bits per heavy atom. The van der Waals surface area contributed by atoms with Gasteiger partial charge in [0.2, 0.25) is 11.7 Å². The van der Waals surface area contributed by atoms with E-state index in [0.29, 0.717) is 11.5 Å². The summed E-state index contributed by atoms with van der Waals surface area (Å²) in [5.41, 5.74) is 8.08. The number of aromatic nitrogens is 4. The van der Waals surface area contributed by atoms with E-state index in [2.05, 4.69) is 22.1 Å². The zero-order chi connectivity index (χ0) is 13.4. The largest absolute Gasteiger partial charge is 0.368 e. The monoisotopic (exact) mass is 255 g/mol. The van der Waals surface area contributed by atoms with Crippen LogP contribution in [0.15, 0.2) is 35.1 Å². The number of nitrogen functional groups attached to an aromatic ring is 1. The van der Waals surface area contributed by atoms with Gasteiger partial charge >= 0.3 is 0 Å². The van der Waals surface area contributed by atoms with Crippen LogP contribution in [0.4, 0.5) is 5.95 Å². The van der Waals surface area contributed by atoms with Gasteiger partial charge in [0.15, 0.2) is 0 Å². The lowest BCUT2D eigenvalue weighted by atomic mass is 10.1. The van der Waals surface area contributed by atoms with Crippen molar-refractivity contribution in [2.24, 2.45) is 0 Å².